The number of nitrogens with zero attached hydrogens (tertiary/aromatic N) is 2. The lowest BCUT2D eigenvalue weighted by atomic mass is 10.2. The van der Waals surface area contributed by atoms with Gasteiger partial charge in [0.2, 0.25) is 0 Å². The van der Waals surface area contributed by atoms with Crippen molar-refractivity contribution in [1.29, 1.82) is 0 Å². The molecule has 0 saturated carbocycles. The van der Waals surface area contributed by atoms with Crippen LogP contribution in [0, 0.1) is 0 Å². The van der Waals surface area contributed by atoms with E-state index in [0.29, 0.717) is 11.0 Å². The number of nitrogens with one attached hydrogen (secondary N) is 1. The van der Waals surface area contributed by atoms with E-state index in [9.17, 15) is 9.59 Å². The highest BCUT2D eigenvalue weighted by atomic mass is 79.9. The first-order valence-corrected chi connectivity index (χ1v) is 7.63. The van der Waals surface area contributed by atoms with E-state index in [1.54, 1.807) is 24.7 Å². The number of aromatic carboxylic acids is 1. The second-order valence-corrected chi connectivity index (χ2v) is 5.90. The van der Waals surface area contributed by atoms with Gasteiger partial charge in [-0.15, -0.1) is 11.3 Å². The average Bonchev–Trinajstić information content (AvgIpc) is 2.93. The summed E-state index contributed by atoms with van der Waals surface area (Å²) in [5.41, 5.74) is 2.76. The number of aromatic nitrogens is 1. The summed E-state index contributed by atoms with van der Waals surface area (Å²) >= 11 is 4.66. The number of rotatable bonds is 4. The Bertz CT molecular complexity index is 661. The Kier molecular flexibility index (Phi) is 4.92. The molecule has 0 aliphatic carbocycles. The molecule has 0 spiro atoms. The first-order valence-electron chi connectivity index (χ1n) is 5.89. The van der Waals surface area contributed by atoms with Crippen molar-refractivity contribution in [1.82, 2.24) is 9.88 Å². The van der Waals surface area contributed by atoms with E-state index in [0.717, 1.165) is 5.69 Å². The van der Waals surface area contributed by atoms with Gasteiger partial charge in [-0.2, -0.15) is 0 Å². The molecule has 2 N–H and O–H groups in total. The van der Waals surface area contributed by atoms with E-state index in [4.69, 9.17) is 5.11 Å². The van der Waals surface area contributed by atoms with Crippen molar-refractivity contribution >= 4 is 45.0 Å². The summed E-state index contributed by atoms with van der Waals surface area (Å²) < 4.78 is 0.633. The number of urea groups is 1. The molecule has 6 nitrogen and oxygen atoms in total. The van der Waals surface area contributed by atoms with Crippen LogP contribution in [0.2, 0.25) is 0 Å². The van der Waals surface area contributed by atoms with Gasteiger partial charge in [-0.05, 0) is 18.2 Å². The van der Waals surface area contributed by atoms with Crippen LogP contribution in [0.25, 0.3) is 0 Å². The Morgan fingerprint density at radius 2 is 2.24 bits per heavy atom. The zero-order valence-corrected chi connectivity index (χ0v) is 13.4. The lowest BCUT2D eigenvalue weighted by Crippen LogP contribution is -2.31. The molecule has 8 heteroatoms. The van der Waals surface area contributed by atoms with Crippen LogP contribution in [0.3, 0.4) is 0 Å². The zero-order chi connectivity index (χ0) is 15.4. The van der Waals surface area contributed by atoms with E-state index in [-0.39, 0.29) is 11.3 Å². The molecule has 2 amide bonds. The van der Waals surface area contributed by atoms with Crippen LogP contribution in [-0.2, 0) is 6.54 Å². The topological polar surface area (TPSA) is 82.5 Å². The summed E-state index contributed by atoms with van der Waals surface area (Å²) in [5, 5.41) is 13.6. The van der Waals surface area contributed by atoms with Gasteiger partial charge in [-0.1, -0.05) is 15.9 Å². The summed E-state index contributed by atoms with van der Waals surface area (Å²) in [6.45, 7) is 0.355. The number of thiazole rings is 1. The molecule has 0 bridgehead atoms. The van der Waals surface area contributed by atoms with Gasteiger partial charge in [0.25, 0.3) is 0 Å². The monoisotopic (exact) mass is 369 g/mol. The number of carboxylic acid groups (broad SMARTS) is 1. The molecule has 1 aromatic heterocycles. The smallest absolute Gasteiger partial charge is 0.337 e. The number of halogens is 1. The normalized spacial score (nSPS) is 10.2. The molecular weight excluding hydrogens is 358 g/mol. The van der Waals surface area contributed by atoms with Crippen LogP contribution in [0.5, 0.6) is 0 Å². The molecule has 0 saturated heterocycles. The first kappa shape index (κ1) is 15.5. The van der Waals surface area contributed by atoms with Crippen molar-refractivity contribution in [3.05, 3.63) is 44.8 Å². The van der Waals surface area contributed by atoms with Gasteiger partial charge in [0, 0.05) is 16.9 Å². The maximum Gasteiger partial charge on any atom is 0.337 e. The predicted octanol–water partition coefficient (Wildman–Crippen LogP) is 3.27. The van der Waals surface area contributed by atoms with Gasteiger partial charge in [0.15, 0.2) is 0 Å². The quantitative estimate of drug-likeness (QED) is 0.866. The molecule has 0 atom stereocenters. The number of hydrogen-bond donors (Lipinski definition) is 2. The number of carbonyl (C=O) groups excluding carboxylic acids is 1. The Balaban J connectivity index is 2.10. The molecule has 0 unspecified atom stereocenters. The van der Waals surface area contributed by atoms with Gasteiger partial charge >= 0.3 is 12.0 Å². The maximum absolute atomic E-state index is 12.1. The highest BCUT2D eigenvalue weighted by Crippen LogP contribution is 2.21. The summed E-state index contributed by atoms with van der Waals surface area (Å²) in [6, 6.07) is 4.26. The van der Waals surface area contributed by atoms with Gasteiger partial charge in [-0.3, -0.25) is 0 Å². The molecule has 1 heterocycles. The number of carboxylic acids is 1. The molecule has 21 heavy (non-hydrogen) atoms. The second-order valence-electron chi connectivity index (χ2n) is 4.26. The zero-order valence-electron chi connectivity index (χ0n) is 11.0. The molecule has 0 aliphatic heterocycles. The van der Waals surface area contributed by atoms with Gasteiger partial charge in [0.05, 0.1) is 29.0 Å². The van der Waals surface area contributed by atoms with Crippen LogP contribution in [-0.4, -0.2) is 34.0 Å². The lowest BCUT2D eigenvalue weighted by Gasteiger charge is -2.17. The standard InChI is InChI=1S/C13H12BrN3O3S/c1-17(5-9-6-21-7-15-9)13(20)16-11-3-2-8(14)4-10(11)12(18)19/h2-4,6-7H,5H2,1H3,(H,16,20)(H,18,19). The summed E-state index contributed by atoms with van der Waals surface area (Å²) in [5.74, 6) is -1.10. The fourth-order valence-electron chi connectivity index (χ4n) is 1.64. The van der Waals surface area contributed by atoms with Gasteiger partial charge in [0.1, 0.15) is 0 Å². The number of amides is 2. The minimum atomic E-state index is -1.10. The predicted molar refractivity (Wildman–Crippen MR) is 83.7 cm³/mol. The molecule has 110 valence electrons. The van der Waals surface area contributed by atoms with Gasteiger partial charge in [-0.25, -0.2) is 14.6 Å². The van der Waals surface area contributed by atoms with Crippen LogP contribution < -0.4 is 5.32 Å². The van der Waals surface area contributed by atoms with Gasteiger partial charge < -0.3 is 15.3 Å². The molecule has 1 aromatic carbocycles. The number of benzene rings is 1. The fraction of sp³-hybridized carbons (Fsp3) is 0.154. The van der Waals surface area contributed by atoms with Crippen LogP contribution >= 0.6 is 27.3 Å². The molecular formula is C13H12BrN3O3S. The minimum Gasteiger partial charge on any atom is -0.478 e. The number of hydrogen-bond acceptors (Lipinski definition) is 4. The van der Waals surface area contributed by atoms with E-state index in [1.165, 1.54) is 22.3 Å². The van der Waals surface area contributed by atoms with Crippen molar-refractivity contribution in [2.75, 3.05) is 12.4 Å². The highest BCUT2D eigenvalue weighted by Gasteiger charge is 2.15. The van der Waals surface area contributed by atoms with E-state index in [1.807, 2.05) is 5.38 Å². The Labute approximate surface area is 133 Å². The molecule has 0 fully saturated rings. The van der Waals surface area contributed by atoms with Crippen molar-refractivity contribution < 1.29 is 14.7 Å². The highest BCUT2D eigenvalue weighted by molar-refractivity contribution is 9.10. The van der Waals surface area contributed by atoms with Crippen LogP contribution in [0.1, 0.15) is 16.1 Å². The Hall–Kier alpha value is -1.93. The van der Waals surface area contributed by atoms with Crippen molar-refractivity contribution in [2.45, 2.75) is 6.54 Å². The Morgan fingerprint density at radius 3 is 2.86 bits per heavy atom. The van der Waals surface area contributed by atoms with E-state index in [2.05, 4.69) is 26.2 Å². The summed E-state index contributed by atoms with van der Waals surface area (Å²) in [4.78, 5) is 28.8. The van der Waals surface area contributed by atoms with E-state index >= 15 is 0 Å². The fourth-order valence-corrected chi connectivity index (χ4v) is 2.55. The number of carbonyl (C=O) groups is 2. The van der Waals surface area contributed by atoms with Crippen molar-refractivity contribution in [2.24, 2.45) is 0 Å². The minimum absolute atomic E-state index is 0.0276. The van der Waals surface area contributed by atoms with Crippen molar-refractivity contribution in [3.8, 4) is 0 Å². The third-order valence-corrected chi connectivity index (χ3v) is 3.81. The molecule has 2 aromatic rings. The third kappa shape index (κ3) is 4.02. The van der Waals surface area contributed by atoms with Crippen molar-refractivity contribution in [3.63, 3.8) is 0 Å². The first-order chi connectivity index (χ1) is 9.97. The molecule has 0 radical (unpaired) electrons. The largest absolute Gasteiger partial charge is 0.478 e. The lowest BCUT2D eigenvalue weighted by molar-refractivity contribution is 0.0698. The summed E-state index contributed by atoms with van der Waals surface area (Å²) in [6.07, 6.45) is 0. The summed E-state index contributed by atoms with van der Waals surface area (Å²) in [7, 11) is 1.62. The van der Waals surface area contributed by atoms with E-state index < -0.39 is 12.0 Å². The molecule has 0 aliphatic rings. The van der Waals surface area contributed by atoms with Crippen LogP contribution in [0.15, 0.2) is 33.6 Å². The second kappa shape index (κ2) is 6.68. The number of anilines is 1. The maximum atomic E-state index is 12.1. The average molecular weight is 370 g/mol. The molecule has 2 rings (SSSR count). The SMILES string of the molecule is CN(Cc1cscn1)C(=O)Nc1ccc(Br)cc1C(=O)O. The van der Waals surface area contributed by atoms with Crippen LogP contribution in [0.4, 0.5) is 10.5 Å². The Morgan fingerprint density at radius 1 is 1.48 bits per heavy atom. The third-order valence-electron chi connectivity index (χ3n) is 2.68.